The van der Waals surface area contributed by atoms with Crippen molar-refractivity contribution in [2.75, 3.05) is 57.7 Å². The Kier molecular flexibility index (Phi) is 8.53. The van der Waals surface area contributed by atoms with Gasteiger partial charge in [-0.15, -0.1) is 0 Å². The SMILES string of the molecule is CCN(CC)S(=O)(=O)N1CCN(CC(=O)Nc2c(C#N)c(C)c(C)n2CC2CCCO2)CC1. The molecule has 0 aromatic carbocycles. The molecule has 0 bridgehead atoms. The van der Waals surface area contributed by atoms with Crippen LogP contribution in [0.5, 0.6) is 0 Å². The van der Waals surface area contributed by atoms with E-state index in [2.05, 4.69) is 11.4 Å². The van der Waals surface area contributed by atoms with Crippen LogP contribution in [0, 0.1) is 25.2 Å². The Morgan fingerprint density at radius 2 is 1.88 bits per heavy atom. The number of ether oxygens (including phenoxy) is 1. The van der Waals surface area contributed by atoms with Gasteiger partial charge in [0.2, 0.25) is 5.91 Å². The maximum atomic E-state index is 12.9. The Hall–Kier alpha value is -1.97. The Labute approximate surface area is 197 Å². The Balaban J connectivity index is 1.64. The maximum absolute atomic E-state index is 12.9. The van der Waals surface area contributed by atoms with Crippen LogP contribution in [-0.4, -0.2) is 90.9 Å². The molecule has 2 aliphatic rings. The standard InChI is InChI=1S/C22H36N6O4S/c1-5-26(6-2)33(30,31)27-11-9-25(10-12-27)16-21(29)24-22-20(14-23)17(3)18(4)28(22)15-19-8-7-13-32-19/h19H,5-13,15-16H2,1-4H3,(H,24,29). The number of anilines is 1. The third kappa shape index (κ3) is 5.58. The van der Waals surface area contributed by atoms with Crippen molar-refractivity contribution in [3.05, 3.63) is 16.8 Å². The third-order valence-corrected chi connectivity index (χ3v) is 8.85. The highest BCUT2D eigenvalue weighted by Crippen LogP contribution is 2.28. The van der Waals surface area contributed by atoms with E-state index >= 15 is 0 Å². The van der Waals surface area contributed by atoms with Gasteiger partial charge in [0.05, 0.1) is 24.8 Å². The molecule has 1 N–H and O–H groups in total. The predicted molar refractivity (Wildman–Crippen MR) is 126 cm³/mol. The van der Waals surface area contributed by atoms with Crippen LogP contribution in [0.1, 0.15) is 43.5 Å². The quantitative estimate of drug-likeness (QED) is 0.570. The number of amides is 1. The van der Waals surface area contributed by atoms with Crippen molar-refractivity contribution in [3.8, 4) is 6.07 Å². The summed E-state index contributed by atoms with van der Waals surface area (Å²) in [5.41, 5.74) is 2.29. The number of nitrogens with one attached hydrogen (secondary N) is 1. The zero-order valence-electron chi connectivity index (χ0n) is 20.1. The van der Waals surface area contributed by atoms with Crippen molar-refractivity contribution < 1.29 is 17.9 Å². The summed E-state index contributed by atoms with van der Waals surface area (Å²) in [5.74, 6) is 0.313. The van der Waals surface area contributed by atoms with Crippen molar-refractivity contribution in [3.63, 3.8) is 0 Å². The summed E-state index contributed by atoms with van der Waals surface area (Å²) in [7, 11) is -3.46. The van der Waals surface area contributed by atoms with Gasteiger partial charge in [-0.3, -0.25) is 9.69 Å². The van der Waals surface area contributed by atoms with Crippen molar-refractivity contribution in [1.82, 2.24) is 18.1 Å². The van der Waals surface area contributed by atoms with E-state index in [0.29, 0.717) is 57.2 Å². The van der Waals surface area contributed by atoms with E-state index in [1.807, 2.05) is 37.2 Å². The average Bonchev–Trinajstić information content (AvgIpc) is 3.37. The van der Waals surface area contributed by atoms with E-state index in [0.717, 1.165) is 30.7 Å². The zero-order valence-corrected chi connectivity index (χ0v) is 20.9. The molecule has 1 aromatic heterocycles. The van der Waals surface area contributed by atoms with Gasteiger partial charge in [0, 0.05) is 51.6 Å². The van der Waals surface area contributed by atoms with Crippen LogP contribution >= 0.6 is 0 Å². The van der Waals surface area contributed by atoms with Gasteiger partial charge in [-0.1, -0.05) is 13.8 Å². The molecule has 2 aliphatic heterocycles. The largest absolute Gasteiger partial charge is 0.376 e. The first-order valence-electron chi connectivity index (χ1n) is 11.7. The van der Waals surface area contributed by atoms with Crippen LogP contribution in [0.15, 0.2) is 0 Å². The van der Waals surface area contributed by atoms with Crippen LogP contribution < -0.4 is 5.32 Å². The zero-order chi connectivity index (χ0) is 24.2. The molecule has 0 spiro atoms. The van der Waals surface area contributed by atoms with Crippen LogP contribution in [0.25, 0.3) is 0 Å². The first-order chi connectivity index (χ1) is 15.7. The molecule has 33 heavy (non-hydrogen) atoms. The molecule has 0 saturated carbocycles. The van der Waals surface area contributed by atoms with Crippen molar-refractivity contribution in [2.45, 2.75) is 53.2 Å². The van der Waals surface area contributed by atoms with E-state index in [1.165, 1.54) is 8.61 Å². The highest BCUT2D eigenvalue weighted by molar-refractivity contribution is 7.86. The lowest BCUT2D eigenvalue weighted by atomic mass is 10.2. The van der Waals surface area contributed by atoms with Gasteiger partial charge in [-0.25, -0.2) is 0 Å². The lowest BCUT2D eigenvalue weighted by Crippen LogP contribution is -2.54. The topological polar surface area (TPSA) is 111 Å². The Bertz CT molecular complexity index is 982. The van der Waals surface area contributed by atoms with Gasteiger partial charge in [0.25, 0.3) is 10.2 Å². The van der Waals surface area contributed by atoms with Gasteiger partial charge in [-0.2, -0.15) is 22.3 Å². The van der Waals surface area contributed by atoms with E-state index in [-0.39, 0.29) is 18.6 Å². The smallest absolute Gasteiger partial charge is 0.282 e. The minimum atomic E-state index is -3.46. The maximum Gasteiger partial charge on any atom is 0.282 e. The Morgan fingerprint density at radius 3 is 2.42 bits per heavy atom. The summed E-state index contributed by atoms with van der Waals surface area (Å²) in [5, 5.41) is 12.7. The van der Waals surface area contributed by atoms with Crippen LogP contribution in [0.3, 0.4) is 0 Å². The minimum Gasteiger partial charge on any atom is -0.376 e. The van der Waals surface area contributed by atoms with Gasteiger partial charge >= 0.3 is 0 Å². The van der Waals surface area contributed by atoms with Gasteiger partial charge in [0.1, 0.15) is 11.9 Å². The fourth-order valence-corrected chi connectivity index (χ4v) is 6.16. The number of aromatic nitrogens is 1. The summed E-state index contributed by atoms with van der Waals surface area (Å²) >= 11 is 0. The molecule has 184 valence electrons. The number of carbonyl (C=O) groups excluding carboxylic acids is 1. The van der Waals surface area contributed by atoms with E-state index in [1.54, 1.807) is 0 Å². The fourth-order valence-electron chi connectivity index (χ4n) is 4.56. The highest BCUT2D eigenvalue weighted by Gasteiger charge is 2.31. The molecule has 3 rings (SSSR count). The van der Waals surface area contributed by atoms with E-state index in [9.17, 15) is 18.5 Å². The minimum absolute atomic E-state index is 0.0820. The van der Waals surface area contributed by atoms with Gasteiger partial charge in [-0.05, 0) is 32.3 Å². The van der Waals surface area contributed by atoms with E-state index in [4.69, 9.17) is 4.74 Å². The number of hydrogen-bond acceptors (Lipinski definition) is 6. The third-order valence-electron chi connectivity index (χ3n) is 6.67. The summed E-state index contributed by atoms with van der Waals surface area (Å²) in [6.07, 6.45) is 2.07. The molecule has 3 heterocycles. The van der Waals surface area contributed by atoms with Crippen LogP contribution in [-0.2, 0) is 26.3 Å². The number of nitrogens with zero attached hydrogens (tertiary/aromatic N) is 5. The van der Waals surface area contributed by atoms with Crippen molar-refractivity contribution in [1.29, 1.82) is 5.26 Å². The highest BCUT2D eigenvalue weighted by atomic mass is 32.2. The molecule has 1 unspecified atom stereocenters. The second-order valence-corrected chi connectivity index (χ2v) is 10.5. The Morgan fingerprint density at radius 1 is 1.21 bits per heavy atom. The molecule has 1 atom stereocenters. The average molecular weight is 481 g/mol. The lowest BCUT2D eigenvalue weighted by Gasteiger charge is -2.36. The molecule has 2 fully saturated rings. The lowest BCUT2D eigenvalue weighted by molar-refractivity contribution is -0.117. The summed E-state index contributed by atoms with van der Waals surface area (Å²) in [6.45, 7) is 11.5. The van der Waals surface area contributed by atoms with Gasteiger partial charge in [0.15, 0.2) is 0 Å². The predicted octanol–water partition coefficient (Wildman–Crippen LogP) is 1.30. The molecule has 11 heteroatoms. The number of piperazine rings is 1. The van der Waals surface area contributed by atoms with Crippen molar-refractivity contribution >= 4 is 21.9 Å². The second-order valence-electron chi connectivity index (χ2n) is 8.61. The molecule has 2 saturated heterocycles. The normalized spacial score (nSPS) is 20.3. The molecule has 1 aromatic rings. The first kappa shape index (κ1) is 25.6. The van der Waals surface area contributed by atoms with E-state index < -0.39 is 10.2 Å². The number of hydrogen-bond donors (Lipinski definition) is 1. The summed E-state index contributed by atoms with van der Waals surface area (Å²) < 4.78 is 36.1. The molecule has 0 radical (unpaired) electrons. The number of nitriles is 1. The monoisotopic (exact) mass is 480 g/mol. The van der Waals surface area contributed by atoms with Crippen LogP contribution in [0.4, 0.5) is 5.82 Å². The molecular formula is C22H36N6O4S. The summed E-state index contributed by atoms with van der Waals surface area (Å²) in [6, 6.07) is 2.24. The molecular weight excluding hydrogens is 444 g/mol. The first-order valence-corrected chi connectivity index (χ1v) is 13.1. The summed E-state index contributed by atoms with van der Waals surface area (Å²) in [4.78, 5) is 14.8. The molecule has 0 aliphatic carbocycles. The second kappa shape index (κ2) is 11.0. The fraction of sp³-hybridized carbons (Fsp3) is 0.727. The van der Waals surface area contributed by atoms with Gasteiger partial charge < -0.3 is 14.6 Å². The number of rotatable bonds is 9. The van der Waals surface area contributed by atoms with Crippen LogP contribution in [0.2, 0.25) is 0 Å². The molecule has 10 nitrogen and oxygen atoms in total. The molecule has 1 amide bonds. The number of carbonyl (C=O) groups is 1. The van der Waals surface area contributed by atoms with Crippen molar-refractivity contribution in [2.24, 2.45) is 0 Å².